The lowest BCUT2D eigenvalue weighted by Gasteiger charge is -2.05. The molecule has 0 bridgehead atoms. The Hall–Kier alpha value is -3.48. The molecule has 0 aromatic heterocycles. The summed E-state index contributed by atoms with van der Waals surface area (Å²) in [5.41, 5.74) is 3.93. The fourth-order valence-electron chi connectivity index (χ4n) is 2.25. The normalized spacial score (nSPS) is 10.6. The topological polar surface area (TPSA) is 90.8 Å². The minimum atomic E-state index is -0.442. The van der Waals surface area contributed by atoms with Gasteiger partial charge in [0.05, 0.1) is 6.21 Å². The first-order valence-corrected chi connectivity index (χ1v) is 8.28. The van der Waals surface area contributed by atoms with Crippen LogP contribution in [0.25, 0.3) is 0 Å². The number of nitrogens with one attached hydrogen (secondary N) is 2. The molecule has 0 saturated heterocycles. The maximum Gasteiger partial charge on any atom is 0.240 e. The molecule has 2 aromatic carbocycles. The summed E-state index contributed by atoms with van der Waals surface area (Å²) in [4.78, 5) is 23.5. The number of allylic oxidation sites excluding steroid dienone is 1. The van der Waals surface area contributed by atoms with Crippen LogP contribution in [0.1, 0.15) is 24.0 Å². The van der Waals surface area contributed by atoms with E-state index in [1.165, 1.54) is 30.5 Å². The zero-order valence-electron chi connectivity index (χ0n) is 14.6. The molecule has 0 fully saturated rings. The largest absolute Gasteiger partial charge is 0.507 e. The quantitative estimate of drug-likeness (QED) is 0.379. The number of anilines is 1. The molecule has 3 N–H and O–H groups in total. The number of hydrazone groups is 1. The standard InChI is InChI=1S/C20H20FN3O3/c1-2-4-14-5-3-6-15(20(14)27)13-22-24-19(26)12-11-18(25)23-17-9-7-16(21)8-10-17/h2-3,5-10,13,27H,1,4,11-12H2,(H,23,25)(H,24,26)/b22-13-. The van der Waals surface area contributed by atoms with Crippen molar-refractivity contribution >= 4 is 23.7 Å². The first kappa shape index (κ1) is 19.8. The Labute approximate surface area is 156 Å². The number of hydrogen-bond donors (Lipinski definition) is 3. The van der Waals surface area contributed by atoms with Gasteiger partial charge in [0.1, 0.15) is 11.6 Å². The van der Waals surface area contributed by atoms with Gasteiger partial charge in [0, 0.05) is 24.1 Å². The molecule has 6 nitrogen and oxygen atoms in total. The Balaban J connectivity index is 1.79. The van der Waals surface area contributed by atoms with Crippen LogP contribution in [0.3, 0.4) is 0 Å². The van der Waals surface area contributed by atoms with E-state index in [2.05, 4.69) is 22.4 Å². The van der Waals surface area contributed by atoms with Gasteiger partial charge in [-0.15, -0.1) is 6.58 Å². The van der Waals surface area contributed by atoms with Crippen molar-refractivity contribution in [3.8, 4) is 5.75 Å². The van der Waals surface area contributed by atoms with E-state index in [0.717, 1.165) is 0 Å². The van der Waals surface area contributed by atoms with Crippen molar-refractivity contribution in [2.24, 2.45) is 5.10 Å². The second-order valence-corrected chi connectivity index (χ2v) is 5.70. The van der Waals surface area contributed by atoms with Crippen LogP contribution in [0.4, 0.5) is 10.1 Å². The number of rotatable bonds is 8. The molecule has 0 radical (unpaired) electrons. The van der Waals surface area contributed by atoms with Crippen LogP contribution in [0.5, 0.6) is 5.75 Å². The Morgan fingerprint density at radius 2 is 1.81 bits per heavy atom. The van der Waals surface area contributed by atoms with Crippen molar-refractivity contribution in [1.82, 2.24) is 5.43 Å². The van der Waals surface area contributed by atoms with E-state index < -0.39 is 11.7 Å². The van der Waals surface area contributed by atoms with Crippen LogP contribution >= 0.6 is 0 Å². The Bertz CT molecular complexity index is 848. The molecule has 0 aliphatic carbocycles. The number of para-hydroxylation sites is 1. The summed E-state index contributed by atoms with van der Waals surface area (Å²) in [6, 6.07) is 10.5. The molecule has 2 amide bonds. The van der Waals surface area contributed by atoms with E-state index in [0.29, 0.717) is 23.2 Å². The van der Waals surface area contributed by atoms with Crippen molar-refractivity contribution in [3.05, 3.63) is 72.1 Å². The second-order valence-electron chi connectivity index (χ2n) is 5.70. The van der Waals surface area contributed by atoms with Crippen molar-refractivity contribution in [3.63, 3.8) is 0 Å². The van der Waals surface area contributed by atoms with Gasteiger partial charge in [-0.05, 0) is 42.3 Å². The Kier molecular flexibility index (Phi) is 7.25. The van der Waals surface area contributed by atoms with Gasteiger partial charge >= 0.3 is 0 Å². The average molecular weight is 369 g/mol. The van der Waals surface area contributed by atoms with E-state index in [-0.39, 0.29) is 24.5 Å². The monoisotopic (exact) mass is 369 g/mol. The zero-order chi connectivity index (χ0) is 19.6. The maximum atomic E-state index is 12.8. The fraction of sp³-hybridized carbons (Fsp3) is 0.150. The van der Waals surface area contributed by atoms with E-state index in [4.69, 9.17) is 0 Å². The molecular formula is C20H20FN3O3. The summed E-state index contributed by atoms with van der Waals surface area (Å²) >= 11 is 0. The van der Waals surface area contributed by atoms with E-state index in [9.17, 15) is 19.1 Å². The van der Waals surface area contributed by atoms with Crippen molar-refractivity contribution in [2.75, 3.05) is 5.32 Å². The summed E-state index contributed by atoms with van der Waals surface area (Å²) in [5.74, 6) is -1.13. The number of amides is 2. The Morgan fingerprint density at radius 3 is 2.52 bits per heavy atom. The number of nitrogens with zero attached hydrogens (tertiary/aromatic N) is 1. The molecule has 0 aliphatic rings. The lowest BCUT2D eigenvalue weighted by atomic mass is 10.1. The first-order valence-electron chi connectivity index (χ1n) is 8.28. The van der Waals surface area contributed by atoms with E-state index in [1.807, 2.05) is 0 Å². The first-order chi connectivity index (χ1) is 13.0. The molecule has 0 aliphatic heterocycles. The minimum Gasteiger partial charge on any atom is -0.507 e. The van der Waals surface area contributed by atoms with Crippen LogP contribution in [-0.4, -0.2) is 23.1 Å². The molecule has 0 atom stereocenters. The molecule has 0 spiro atoms. The number of carbonyl (C=O) groups is 2. The van der Waals surface area contributed by atoms with Gasteiger partial charge in [-0.2, -0.15) is 5.10 Å². The third-order valence-electron chi connectivity index (χ3n) is 3.62. The van der Waals surface area contributed by atoms with Crippen LogP contribution in [-0.2, 0) is 16.0 Å². The highest BCUT2D eigenvalue weighted by atomic mass is 19.1. The van der Waals surface area contributed by atoms with E-state index in [1.54, 1.807) is 24.3 Å². The Morgan fingerprint density at radius 1 is 1.11 bits per heavy atom. The highest BCUT2D eigenvalue weighted by Crippen LogP contribution is 2.21. The molecule has 2 aromatic rings. The van der Waals surface area contributed by atoms with Gasteiger partial charge in [-0.1, -0.05) is 18.2 Å². The second kappa shape index (κ2) is 9.86. The molecule has 0 saturated carbocycles. The van der Waals surface area contributed by atoms with Crippen LogP contribution in [0.15, 0.2) is 60.2 Å². The van der Waals surface area contributed by atoms with Gasteiger partial charge in [0.25, 0.3) is 0 Å². The summed E-state index contributed by atoms with van der Waals surface area (Å²) in [6.45, 7) is 3.63. The van der Waals surface area contributed by atoms with Gasteiger partial charge in [0.15, 0.2) is 0 Å². The van der Waals surface area contributed by atoms with Gasteiger partial charge < -0.3 is 10.4 Å². The smallest absolute Gasteiger partial charge is 0.240 e. The number of aromatic hydroxyl groups is 1. The van der Waals surface area contributed by atoms with Gasteiger partial charge in [-0.25, -0.2) is 9.82 Å². The lowest BCUT2D eigenvalue weighted by molar-refractivity contribution is -0.124. The number of halogens is 1. The molecule has 27 heavy (non-hydrogen) atoms. The van der Waals surface area contributed by atoms with Crippen molar-refractivity contribution in [2.45, 2.75) is 19.3 Å². The highest BCUT2D eigenvalue weighted by molar-refractivity contribution is 5.93. The fourth-order valence-corrected chi connectivity index (χ4v) is 2.25. The number of hydrogen-bond acceptors (Lipinski definition) is 4. The summed E-state index contributed by atoms with van der Waals surface area (Å²) in [6.07, 6.45) is 3.42. The third-order valence-corrected chi connectivity index (χ3v) is 3.62. The SMILES string of the molecule is C=CCc1cccc(/C=N\NC(=O)CCC(=O)Nc2ccc(F)cc2)c1O. The zero-order valence-corrected chi connectivity index (χ0v) is 14.6. The lowest BCUT2D eigenvalue weighted by Crippen LogP contribution is -2.20. The number of carbonyl (C=O) groups excluding carboxylic acids is 2. The molecule has 140 valence electrons. The highest BCUT2D eigenvalue weighted by Gasteiger charge is 2.07. The van der Waals surface area contributed by atoms with Crippen LogP contribution in [0, 0.1) is 5.82 Å². The minimum absolute atomic E-state index is 0.0429. The molecule has 7 heteroatoms. The number of phenolic OH excluding ortho intramolecular Hbond substituents is 1. The number of benzene rings is 2. The predicted molar refractivity (Wildman–Crippen MR) is 102 cm³/mol. The van der Waals surface area contributed by atoms with Gasteiger partial charge in [0.2, 0.25) is 11.8 Å². The van der Waals surface area contributed by atoms with E-state index >= 15 is 0 Å². The van der Waals surface area contributed by atoms with Gasteiger partial charge in [-0.3, -0.25) is 9.59 Å². The molecule has 0 heterocycles. The molecular weight excluding hydrogens is 349 g/mol. The molecule has 0 unspecified atom stereocenters. The summed E-state index contributed by atoms with van der Waals surface area (Å²) in [7, 11) is 0. The predicted octanol–water partition coefficient (Wildman–Crippen LogP) is 3.13. The van der Waals surface area contributed by atoms with Crippen molar-refractivity contribution < 1.29 is 19.1 Å². The number of phenols is 1. The van der Waals surface area contributed by atoms with Crippen LogP contribution in [0.2, 0.25) is 0 Å². The molecule has 2 rings (SSSR count). The average Bonchev–Trinajstić information content (AvgIpc) is 2.65. The van der Waals surface area contributed by atoms with Crippen molar-refractivity contribution in [1.29, 1.82) is 0 Å². The van der Waals surface area contributed by atoms with Crippen LogP contribution < -0.4 is 10.7 Å². The summed E-state index contributed by atoms with van der Waals surface area (Å²) < 4.78 is 12.8. The third kappa shape index (κ3) is 6.39. The summed E-state index contributed by atoms with van der Waals surface area (Å²) in [5, 5.41) is 16.4. The maximum absolute atomic E-state index is 12.8.